The van der Waals surface area contributed by atoms with Gasteiger partial charge in [-0.05, 0) is 11.6 Å². The standard InChI is InChI=1S/C15H16N2O3S/c18-15(19)13-10-21-14(16-13)12-3-1-2-11(8-12)9-17-4-6-20-7-5-17/h1-3,8,10H,4-7,9H2,(H,18,19). The molecule has 1 aromatic heterocycles. The minimum absolute atomic E-state index is 0.105. The van der Waals surface area contributed by atoms with Gasteiger partial charge in [-0.2, -0.15) is 0 Å². The maximum absolute atomic E-state index is 10.9. The number of ether oxygens (including phenoxy) is 1. The molecule has 1 fully saturated rings. The average molecular weight is 304 g/mol. The lowest BCUT2D eigenvalue weighted by Gasteiger charge is -2.26. The maximum atomic E-state index is 10.9. The summed E-state index contributed by atoms with van der Waals surface area (Å²) in [6.45, 7) is 4.35. The molecule has 1 aromatic carbocycles. The Balaban J connectivity index is 1.76. The molecule has 2 aromatic rings. The molecular weight excluding hydrogens is 288 g/mol. The molecule has 1 aliphatic rings. The summed E-state index contributed by atoms with van der Waals surface area (Å²) < 4.78 is 5.35. The Hall–Kier alpha value is -1.76. The predicted octanol–water partition coefficient (Wildman–Crippen LogP) is 2.34. The zero-order valence-electron chi connectivity index (χ0n) is 11.5. The van der Waals surface area contributed by atoms with Gasteiger partial charge in [-0.15, -0.1) is 11.3 Å². The lowest BCUT2D eigenvalue weighted by Crippen LogP contribution is -2.35. The van der Waals surface area contributed by atoms with Crippen molar-refractivity contribution in [3.8, 4) is 10.6 Å². The van der Waals surface area contributed by atoms with Gasteiger partial charge in [0.15, 0.2) is 5.69 Å². The van der Waals surface area contributed by atoms with Crippen molar-refractivity contribution < 1.29 is 14.6 Å². The van der Waals surface area contributed by atoms with Crippen LogP contribution in [-0.2, 0) is 11.3 Å². The van der Waals surface area contributed by atoms with E-state index in [0.717, 1.165) is 43.4 Å². The largest absolute Gasteiger partial charge is 0.476 e. The number of morpholine rings is 1. The summed E-state index contributed by atoms with van der Waals surface area (Å²) >= 11 is 1.36. The molecule has 0 aliphatic carbocycles. The van der Waals surface area contributed by atoms with E-state index in [0.29, 0.717) is 0 Å². The Labute approximate surface area is 126 Å². The molecule has 21 heavy (non-hydrogen) atoms. The second-order valence-corrected chi connectivity index (χ2v) is 5.79. The van der Waals surface area contributed by atoms with Crippen molar-refractivity contribution >= 4 is 17.3 Å². The van der Waals surface area contributed by atoms with Crippen LogP contribution in [0.1, 0.15) is 16.1 Å². The molecule has 0 unspecified atom stereocenters. The number of rotatable bonds is 4. The Kier molecular flexibility index (Phi) is 4.28. The fraction of sp³-hybridized carbons (Fsp3) is 0.333. The zero-order chi connectivity index (χ0) is 14.7. The molecule has 110 valence electrons. The van der Waals surface area contributed by atoms with E-state index in [1.165, 1.54) is 16.9 Å². The van der Waals surface area contributed by atoms with Gasteiger partial charge in [0, 0.05) is 30.6 Å². The quantitative estimate of drug-likeness (QED) is 0.939. The van der Waals surface area contributed by atoms with Crippen LogP contribution in [0.3, 0.4) is 0 Å². The fourth-order valence-electron chi connectivity index (χ4n) is 2.32. The van der Waals surface area contributed by atoms with Crippen LogP contribution in [0.25, 0.3) is 10.6 Å². The topological polar surface area (TPSA) is 62.7 Å². The normalized spacial score (nSPS) is 16.0. The summed E-state index contributed by atoms with van der Waals surface area (Å²) in [5, 5.41) is 11.3. The first-order valence-corrected chi connectivity index (χ1v) is 7.68. The van der Waals surface area contributed by atoms with Gasteiger partial charge < -0.3 is 9.84 Å². The molecule has 1 aliphatic heterocycles. The Bertz CT molecular complexity index is 635. The molecule has 0 saturated carbocycles. The monoisotopic (exact) mass is 304 g/mol. The third-order valence-electron chi connectivity index (χ3n) is 3.41. The highest BCUT2D eigenvalue weighted by Gasteiger charge is 2.13. The van der Waals surface area contributed by atoms with Crippen LogP contribution in [0.2, 0.25) is 0 Å². The number of aromatic nitrogens is 1. The van der Waals surface area contributed by atoms with Crippen molar-refractivity contribution in [1.82, 2.24) is 9.88 Å². The van der Waals surface area contributed by atoms with Crippen LogP contribution in [0.5, 0.6) is 0 Å². The summed E-state index contributed by atoms with van der Waals surface area (Å²) in [6.07, 6.45) is 0. The molecular formula is C15H16N2O3S. The van der Waals surface area contributed by atoms with Crippen molar-refractivity contribution in [2.45, 2.75) is 6.54 Å². The summed E-state index contributed by atoms with van der Waals surface area (Å²) in [6, 6.07) is 8.13. The highest BCUT2D eigenvalue weighted by Crippen LogP contribution is 2.25. The molecule has 3 rings (SSSR count). The summed E-state index contributed by atoms with van der Waals surface area (Å²) in [5.41, 5.74) is 2.29. The van der Waals surface area contributed by atoms with E-state index in [9.17, 15) is 4.79 Å². The van der Waals surface area contributed by atoms with Crippen molar-refractivity contribution in [3.63, 3.8) is 0 Å². The molecule has 1 saturated heterocycles. The van der Waals surface area contributed by atoms with E-state index in [2.05, 4.69) is 22.0 Å². The van der Waals surface area contributed by atoms with Gasteiger partial charge in [-0.3, -0.25) is 4.90 Å². The molecule has 6 heteroatoms. The van der Waals surface area contributed by atoms with Crippen molar-refractivity contribution in [2.24, 2.45) is 0 Å². The number of thiazole rings is 1. The molecule has 0 spiro atoms. The molecule has 0 atom stereocenters. The second-order valence-electron chi connectivity index (χ2n) is 4.93. The van der Waals surface area contributed by atoms with E-state index in [-0.39, 0.29) is 5.69 Å². The van der Waals surface area contributed by atoms with Crippen LogP contribution in [0.4, 0.5) is 0 Å². The maximum Gasteiger partial charge on any atom is 0.355 e. The first kappa shape index (κ1) is 14.2. The lowest BCUT2D eigenvalue weighted by atomic mass is 10.1. The number of carbonyl (C=O) groups is 1. The number of hydrogen-bond donors (Lipinski definition) is 1. The van der Waals surface area contributed by atoms with Gasteiger partial charge >= 0.3 is 5.97 Å². The Morgan fingerprint density at radius 1 is 1.38 bits per heavy atom. The summed E-state index contributed by atoms with van der Waals surface area (Å²) in [4.78, 5) is 17.4. The minimum atomic E-state index is -0.984. The SMILES string of the molecule is O=C(O)c1csc(-c2cccc(CN3CCOCC3)c2)n1. The number of nitrogens with zero attached hydrogens (tertiary/aromatic N) is 2. The molecule has 5 nitrogen and oxygen atoms in total. The molecule has 0 radical (unpaired) electrons. The summed E-state index contributed by atoms with van der Waals surface area (Å²) in [5.74, 6) is -0.984. The molecule has 0 amide bonds. The first-order chi connectivity index (χ1) is 10.2. The van der Waals surface area contributed by atoms with Crippen LogP contribution in [-0.4, -0.2) is 47.3 Å². The van der Waals surface area contributed by atoms with Gasteiger partial charge in [-0.25, -0.2) is 9.78 Å². The molecule has 2 heterocycles. The van der Waals surface area contributed by atoms with Crippen LogP contribution in [0.15, 0.2) is 29.6 Å². The van der Waals surface area contributed by atoms with Gasteiger partial charge in [-0.1, -0.05) is 18.2 Å². The number of aromatic carboxylic acids is 1. The van der Waals surface area contributed by atoms with Gasteiger partial charge in [0.25, 0.3) is 0 Å². The van der Waals surface area contributed by atoms with Gasteiger partial charge in [0.1, 0.15) is 5.01 Å². The smallest absolute Gasteiger partial charge is 0.355 e. The van der Waals surface area contributed by atoms with E-state index in [4.69, 9.17) is 9.84 Å². The number of hydrogen-bond acceptors (Lipinski definition) is 5. The van der Waals surface area contributed by atoms with E-state index in [1.807, 2.05) is 12.1 Å². The Morgan fingerprint density at radius 2 is 2.19 bits per heavy atom. The third-order valence-corrected chi connectivity index (χ3v) is 4.30. The zero-order valence-corrected chi connectivity index (χ0v) is 12.3. The van der Waals surface area contributed by atoms with Crippen LogP contribution in [0, 0.1) is 0 Å². The summed E-state index contributed by atoms with van der Waals surface area (Å²) in [7, 11) is 0. The van der Waals surface area contributed by atoms with Gasteiger partial charge in [0.05, 0.1) is 13.2 Å². The molecule has 1 N–H and O–H groups in total. The average Bonchev–Trinajstić information content (AvgIpc) is 2.99. The predicted molar refractivity (Wildman–Crippen MR) is 80.6 cm³/mol. The highest BCUT2D eigenvalue weighted by molar-refractivity contribution is 7.13. The third kappa shape index (κ3) is 3.47. The van der Waals surface area contributed by atoms with Crippen molar-refractivity contribution in [2.75, 3.05) is 26.3 Å². The lowest BCUT2D eigenvalue weighted by molar-refractivity contribution is 0.0342. The van der Waals surface area contributed by atoms with Crippen LogP contribution < -0.4 is 0 Å². The van der Waals surface area contributed by atoms with Crippen molar-refractivity contribution in [1.29, 1.82) is 0 Å². The molecule has 0 bridgehead atoms. The fourth-order valence-corrected chi connectivity index (χ4v) is 3.12. The first-order valence-electron chi connectivity index (χ1n) is 6.80. The van der Waals surface area contributed by atoms with Crippen LogP contribution >= 0.6 is 11.3 Å². The van der Waals surface area contributed by atoms with E-state index >= 15 is 0 Å². The van der Waals surface area contributed by atoms with Gasteiger partial charge in [0.2, 0.25) is 0 Å². The number of carboxylic acid groups (broad SMARTS) is 1. The minimum Gasteiger partial charge on any atom is -0.476 e. The number of carboxylic acids is 1. The van der Waals surface area contributed by atoms with E-state index in [1.54, 1.807) is 5.38 Å². The highest BCUT2D eigenvalue weighted by atomic mass is 32.1. The van der Waals surface area contributed by atoms with E-state index < -0.39 is 5.97 Å². The number of benzene rings is 1. The Morgan fingerprint density at radius 3 is 2.90 bits per heavy atom. The second kappa shape index (κ2) is 6.34. The van der Waals surface area contributed by atoms with Crippen molar-refractivity contribution in [3.05, 3.63) is 40.9 Å².